The van der Waals surface area contributed by atoms with Crippen molar-refractivity contribution in [1.29, 1.82) is 0 Å². The third-order valence-corrected chi connectivity index (χ3v) is 5.02. The van der Waals surface area contributed by atoms with E-state index in [-0.39, 0.29) is 35.6 Å². The van der Waals surface area contributed by atoms with Gasteiger partial charge < -0.3 is 9.41 Å². The van der Waals surface area contributed by atoms with Crippen LogP contribution in [0.5, 0.6) is 0 Å². The minimum absolute atomic E-state index is 0. The zero-order valence-corrected chi connectivity index (χ0v) is 20.6. The predicted octanol–water partition coefficient (Wildman–Crippen LogP) is 1.31. The first-order chi connectivity index (χ1) is 12.1. The summed E-state index contributed by atoms with van der Waals surface area (Å²) in [7, 11) is 1.20. The van der Waals surface area contributed by atoms with Crippen molar-refractivity contribution >= 4 is 31.1 Å². The Bertz CT molecular complexity index is 756. The van der Waals surface area contributed by atoms with Crippen molar-refractivity contribution in [2.24, 2.45) is 0 Å². The van der Waals surface area contributed by atoms with Gasteiger partial charge in [0.1, 0.15) is 0 Å². The molecule has 0 aliphatic heterocycles. The molecular formula is C24H28F2SiZr. The summed E-state index contributed by atoms with van der Waals surface area (Å²) in [5, 5.41) is 5.39. The molecule has 0 aromatic heterocycles. The molecule has 0 fully saturated rings. The Hall–Kier alpha value is -1.38. The third-order valence-electron chi connectivity index (χ3n) is 4.02. The van der Waals surface area contributed by atoms with Gasteiger partial charge in [-0.25, -0.2) is 0 Å². The van der Waals surface area contributed by atoms with E-state index in [0.717, 1.165) is 0 Å². The first kappa shape index (κ1) is 28.8. The second kappa shape index (κ2) is 15.5. The molecule has 0 atom stereocenters. The molecule has 4 heteroatoms. The molecule has 0 heterocycles. The van der Waals surface area contributed by atoms with Crippen LogP contribution in [0.4, 0.5) is 0 Å². The molecule has 4 rings (SSSR count). The van der Waals surface area contributed by atoms with Crippen molar-refractivity contribution in [3.63, 3.8) is 0 Å². The van der Waals surface area contributed by atoms with Gasteiger partial charge in [0.2, 0.25) is 0 Å². The molecule has 0 N–H and O–H groups in total. The van der Waals surface area contributed by atoms with Crippen LogP contribution in [0.1, 0.15) is 25.0 Å². The average Bonchev–Trinajstić information content (AvgIpc) is 3.17. The Morgan fingerprint density at radius 1 is 0.679 bits per heavy atom. The van der Waals surface area contributed by atoms with Crippen LogP contribution in [-0.4, -0.2) is 9.52 Å². The van der Waals surface area contributed by atoms with E-state index in [0.29, 0.717) is 0 Å². The number of fused-ring (bicyclic) bond motifs is 2. The molecule has 146 valence electrons. The molecule has 0 saturated heterocycles. The van der Waals surface area contributed by atoms with Gasteiger partial charge in [0.25, 0.3) is 0 Å². The fourth-order valence-corrected chi connectivity index (χ4v) is 3.36. The standard InChI is InChI=1S/2C10H9.C4H10Si.2FH.Zr/c2*1-8-6-9-4-2-3-5-10(9)7-8;1-3-5-4-2;;;/h2*2-7H,1H3;3-4H2,1-2H3;2*1H;/q2*-1;;;;+4/p-2. The molecule has 28 heavy (non-hydrogen) atoms. The number of hydrogen-bond acceptors (Lipinski definition) is 0. The predicted molar refractivity (Wildman–Crippen MR) is 115 cm³/mol. The zero-order valence-electron chi connectivity index (χ0n) is 17.1. The number of aryl methyl sites for hydroxylation is 2. The van der Waals surface area contributed by atoms with E-state index in [1.807, 2.05) is 0 Å². The molecule has 4 aromatic carbocycles. The normalized spacial score (nSPS) is 9.00. The van der Waals surface area contributed by atoms with Gasteiger partial charge in [-0.2, -0.15) is 12.1 Å². The Labute approximate surface area is 189 Å². The summed E-state index contributed by atoms with van der Waals surface area (Å²) in [6, 6.07) is 28.4. The van der Waals surface area contributed by atoms with Crippen molar-refractivity contribution in [3.8, 4) is 0 Å². The maximum absolute atomic E-state index is 2.22. The summed E-state index contributed by atoms with van der Waals surface area (Å²) in [5.74, 6) is 0. The molecule has 0 aliphatic rings. The van der Waals surface area contributed by atoms with Crippen molar-refractivity contribution < 1.29 is 35.6 Å². The van der Waals surface area contributed by atoms with E-state index >= 15 is 0 Å². The van der Waals surface area contributed by atoms with Crippen LogP contribution in [0.15, 0.2) is 72.8 Å². The maximum Gasteiger partial charge on any atom is 4.00 e. The van der Waals surface area contributed by atoms with Crippen molar-refractivity contribution in [1.82, 2.24) is 0 Å². The molecule has 0 bridgehead atoms. The van der Waals surface area contributed by atoms with Gasteiger partial charge in [-0.15, -0.1) is 81.2 Å². The molecular weight excluding hydrogens is 446 g/mol. The van der Waals surface area contributed by atoms with Crippen LogP contribution in [0.25, 0.3) is 21.5 Å². The SMILES string of the molecule is CC[Si]CC.Cc1cc2ccccc2[cH-]1.Cc1cc2ccccc2[cH-]1.[F-].[F-].[Zr+4]. The van der Waals surface area contributed by atoms with Gasteiger partial charge in [-0.05, 0) is 0 Å². The molecule has 0 saturated carbocycles. The zero-order chi connectivity index (χ0) is 18.1. The quantitative estimate of drug-likeness (QED) is 0.304. The first-order valence-electron chi connectivity index (χ1n) is 9.09. The summed E-state index contributed by atoms with van der Waals surface area (Å²) in [5.41, 5.74) is 2.70. The first-order valence-corrected chi connectivity index (χ1v) is 10.5. The molecule has 0 aliphatic carbocycles. The van der Waals surface area contributed by atoms with Gasteiger partial charge in [-0.3, -0.25) is 0 Å². The van der Waals surface area contributed by atoms with Crippen LogP contribution < -0.4 is 9.41 Å². The molecule has 0 unspecified atom stereocenters. The summed E-state index contributed by atoms with van der Waals surface area (Å²) < 4.78 is 0. The smallest absolute Gasteiger partial charge is 1.00 e. The number of benzene rings is 2. The van der Waals surface area contributed by atoms with Crippen molar-refractivity contribution in [2.75, 3.05) is 0 Å². The van der Waals surface area contributed by atoms with Gasteiger partial charge in [-0.1, -0.05) is 51.9 Å². The molecule has 0 spiro atoms. The fraction of sp³-hybridized carbons (Fsp3) is 0.250. The third kappa shape index (κ3) is 9.21. The van der Waals surface area contributed by atoms with E-state index in [1.165, 1.54) is 54.3 Å². The maximum atomic E-state index is 2.22. The van der Waals surface area contributed by atoms with Crippen molar-refractivity contribution in [2.45, 2.75) is 39.8 Å². The Balaban J connectivity index is 0. The van der Waals surface area contributed by atoms with E-state index < -0.39 is 0 Å². The molecule has 0 nitrogen and oxygen atoms in total. The Morgan fingerprint density at radius 3 is 1.32 bits per heavy atom. The summed E-state index contributed by atoms with van der Waals surface area (Å²) in [6.45, 7) is 8.70. The van der Waals surface area contributed by atoms with E-state index in [9.17, 15) is 0 Å². The minimum Gasteiger partial charge on any atom is -1.00 e. The van der Waals surface area contributed by atoms with E-state index in [1.54, 1.807) is 0 Å². The number of rotatable bonds is 2. The van der Waals surface area contributed by atoms with Crippen molar-refractivity contribution in [3.05, 3.63) is 83.9 Å². The second-order valence-electron chi connectivity index (χ2n) is 6.28. The van der Waals surface area contributed by atoms with Crippen LogP contribution in [-0.2, 0) is 26.2 Å². The molecule has 4 aromatic rings. The summed E-state index contributed by atoms with van der Waals surface area (Å²) in [4.78, 5) is 0. The van der Waals surface area contributed by atoms with Crippen LogP contribution in [0, 0.1) is 13.8 Å². The summed E-state index contributed by atoms with van der Waals surface area (Å²) >= 11 is 0. The summed E-state index contributed by atoms with van der Waals surface area (Å²) in [6.07, 6.45) is 0. The molecule has 2 radical (unpaired) electrons. The number of halogens is 2. The minimum atomic E-state index is 0. The average molecular weight is 474 g/mol. The van der Waals surface area contributed by atoms with Gasteiger partial charge in [0.05, 0.1) is 0 Å². The van der Waals surface area contributed by atoms with Crippen LogP contribution in [0.3, 0.4) is 0 Å². The Kier molecular flexibility index (Phi) is 16.0. The fourth-order valence-electron chi connectivity index (χ4n) is 2.86. The van der Waals surface area contributed by atoms with Gasteiger partial charge in [0, 0.05) is 9.52 Å². The van der Waals surface area contributed by atoms with Crippen LogP contribution >= 0.6 is 0 Å². The van der Waals surface area contributed by atoms with Crippen LogP contribution in [0.2, 0.25) is 12.1 Å². The van der Waals surface area contributed by atoms with Gasteiger partial charge >= 0.3 is 26.2 Å². The number of hydrogen-bond donors (Lipinski definition) is 0. The van der Waals surface area contributed by atoms with Gasteiger partial charge in [0.15, 0.2) is 0 Å². The Morgan fingerprint density at radius 2 is 1.04 bits per heavy atom. The van der Waals surface area contributed by atoms with E-state index in [4.69, 9.17) is 0 Å². The second-order valence-corrected chi connectivity index (χ2v) is 8.19. The van der Waals surface area contributed by atoms with E-state index in [2.05, 4.69) is 100 Å². The largest absolute Gasteiger partial charge is 4.00 e. The monoisotopic (exact) mass is 472 g/mol. The molecule has 0 amide bonds. The topological polar surface area (TPSA) is 0 Å².